The SMILES string of the molecule is CCc1cccc(C)c1NC(=O)COC(=O)/C=C/c1ccc(OC)cc1. The predicted molar refractivity (Wildman–Crippen MR) is 102 cm³/mol. The van der Waals surface area contributed by atoms with Crippen LogP contribution >= 0.6 is 0 Å². The van der Waals surface area contributed by atoms with Gasteiger partial charge in [0, 0.05) is 11.8 Å². The van der Waals surface area contributed by atoms with Crippen LogP contribution in [0.15, 0.2) is 48.5 Å². The van der Waals surface area contributed by atoms with E-state index >= 15 is 0 Å². The summed E-state index contributed by atoms with van der Waals surface area (Å²) in [4.78, 5) is 23.8. The Bertz CT molecular complexity index is 794. The Morgan fingerprint density at radius 3 is 2.50 bits per heavy atom. The van der Waals surface area contributed by atoms with E-state index in [9.17, 15) is 9.59 Å². The van der Waals surface area contributed by atoms with Crippen LogP contribution in [0.1, 0.15) is 23.6 Å². The van der Waals surface area contributed by atoms with Crippen molar-refractivity contribution >= 4 is 23.6 Å². The Labute approximate surface area is 153 Å². The van der Waals surface area contributed by atoms with Crippen LogP contribution in [0, 0.1) is 6.92 Å². The molecule has 0 atom stereocenters. The molecule has 0 radical (unpaired) electrons. The number of rotatable bonds is 7. The molecule has 0 fully saturated rings. The largest absolute Gasteiger partial charge is 0.497 e. The third kappa shape index (κ3) is 5.48. The summed E-state index contributed by atoms with van der Waals surface area (Å²) in [6.45, 7) is 3.62. The highest BCUT2D eigenvalue weighted by molar-refractivity contribution is 5.95. The standard InChI is InChI=1S/C21H23NO4/c1-4-17-7-5-6-15(2)21(17)22-19(23)14-26-20(24)13-10-16-8-11-18(25-3)12-9-16/h5-13H,4,14H2,1-3H3,(H,22,23)/b13-10+. The molecule has 0 aromatic heterocycles. The molecule has 136 valence electrons. The molecule has 0 heterocycles. The first-order valence-corrected chi connectivity index (χ1v) is 8.40. The van der Waals surface area contributed by atoms with Crippen molar-refractivity contribution in [1.82, 2.24) is 0 Å². The number of esters is 1. The van der Waals surface area contributed by atoms with Crippen LogP contribution in [0.3, 0.4) is 0 Å². The molecule has 1 amide bonds. The molecular weight excluding hydrogens is 330 g/mol. The molecule has 0 unspecified atom stereocenters. The molecule has 2 aromatic rings. The third-order valence-electron chi connectivity index (χ3n) is 3.88. The fraction of sp³-hybridized carbons (Fsp3) is 0.238. The zero-order valence-corrected chi connectivity index (χ0v) is 15.2. The van der Waals surface area contributed by atoms with Crippen LogP contribution in [0.4, 0.5) is 5.69 Å². The normalized spacial score (nSPS) is 10.6. The monoisotopic (exact) mass is 353 g/mol. The molecule has 2 aromatic carbocycles. The molecule has 0 aliphatic heterocycles. The summed E-state index contributed by atoms with van der Waals surface area (Å²) in [7, 11) is 1.59. The predicted octanol–water partition coefficient (Wildman–Crippen LogP) is 3.76. The number of amides is 1. The van der Waals surface area contributed by atoms with Gasteiger partial charge in [-0.3, -0.25) is 4.79 Å². The molecule has 0 saturated carbocycles. The molecule has 0 bridgehead atoms. The molecule has 1 N–H and O–H groups in total. The summed E-state index contributed by atoms with van der Waals surface area (Å²) in [5.74, 6) is -0.194. The average molecular weight is 353 g/mol. The number of benzene rings is 2. The van der Waals surface area contributed by atoms with E-state index in [0.717, 1.165) is 34.5 Å². The van der Waals surface area contributed by atoms with Crippen LogP contribution in [-0.4, -0.2) is 25.6 Å². The fourth-order valence-corrected chi connectivity index (χ4v) is 2.44. The molecule has 0 aliphatic carbocycles. The van der Waals surface area contributed by atoms with Crippen LogP contribution < -0.4 is 10.1 Å². The number of anilines is 1. The van der Waals surface area contributed by atoms with E-state index in [2.05, 4.69) is 5.32 Å². The van der Waals surface area contributed by atoms with Crippen molar-refractivity contribution in [2.75, 3.05) is 19.0 Å². The van der Waals surface area contributed by atoms with Crippen molar-refractivity contribution in [2.45, 2.75) is 20.3 Å². The van der Waals surface area contributed by atoms with Crippen LogP contribution in [0.25, 0.3) is 6.08 Å². The molecular formula is C21H23NO4. The number of aryl methyl sites for hydroxylation is 2. The van der Waals surface area contributed by atoms with E-state index in [1.807, 2.05) is 44.2 Å². The number of hydrogen-bond acceptors (Lipinski definition) is 4. The number of hydrogen-bond donors (Lipinski definition) is 1. The van der Waals surface area contributed by atoms with E-state index in [1.54, 1.807) is 25.3 Å². The summed E-state index contributed by atoms with van der Waals surface area (Å²) >= 11 is 0. The molecule has 2 rings (SSSR count). The van der Waals surface area contributed by atoms with Gasteiger partial charge in [-0.1, -0.05) is 37.3 Å². The van der Waals surface area contributed by atoms with Gasteiger partial charge in [-0.05, 0) is 48.2 Å². The van der Waals surface area contributed by atoms with Gasteiger partial charge in [-0.2, -0.15) is 0 Å². The topological polar surface area (TPSA) is 64.6 Å². The maximum Gasteiger partial charge on any atom is 0.331 e. The average Bonchev–Trinajstić information content (AvgIpc) is 2.66. The van der Waals surface area contributed by atoms with E-state index in [0.29, 0.717) is 0 Å². The van der Waals surface area contributed by atoms with Gasteiger partial charge >= 0.3 is 5.97 Å². The first-order chi connectivity index (χ1) is 12.5. The minimum atomic E-state index is -0.573. The second-order valence-corrected chi connectivity index (χ2v) is 5.72. The zero-order valence-electron chi connectivity index (χ0n) is 15.2. The number of carbonyl (C=O) groups is 2. The highest BCUT2D eigenvalue weighted by Crippen LogP contribution is 2.20. The second-order valence-electron chi connectivity index (χ2n) is 5.72. The van der Waals surface area contributed by atoms with Gasteiger partial charge in [0.15, 0.2) is 6.61 Å². The highest BCUT2D eigenvalue weighted by atomic mass is 16.5. The maximum atomic E-state index is 12.1. The summed E-state index contributed by atoms with van der Waals surface area (Å²) in [5, 5.41) is 2.82. The van der Waals surface area contributed by atoms with Crippen molar-refractivity contribution in [3.8, 4) is 5.75 Å². The van der Waals surface area contributed by atoms with E-state index in [-0.39, 0.29) is 12.5 Å². The minimum absolute atomic E-state index is 0.330. The minimum Gasteiger partial charge on any atom is -0.497 e. The molecule has 0 saturated heterocycles. The summed E-state index contributed by atoms with van der Waals surface area (Å²) in [6, 6.07) is 13.1. The van der Waals surface area contributed by atoms with Gasteiger partial charge in [0.05, 0.1) is 7.11 Å². The van der Waals surface area contributed by atoms with E-state index in [4.69, 9.17) is 9.47 Å². The van der Waals surface area contributed by atoms with Crippen LogP contribution in [0.5, 0.6) is 5.75 Å². The Hall–Kier alpha value is -3.08. The van der Waals surface area contributed by atoms with Crippen molar-refractivity contribution in [3.63, 3.8) is 0 Å². The molecule has 0 spiro atoms. The number of methoxy groups -OCH3 is 1. The highest BCUT2D eigenvalue weighted by Gasteiger charge is 2.10. The molecule has 5 nitrogen and oxygen atoms in total. The first kappa shape index (κ1) is 19.2. The van der Waals surface area contributed by atoms with Gasteiger partial charge in [0.1, 0.15) is 5.75 Å². The van der Waals surface area contributed by atoms with Crippen molar-refractivity contribution in [1.29, 1.82) is 0 Å². The van der Waals surface area contributed by atoms with Gasteiger partial charge in [0.25, 0.3) is 5.91 Å². The third-order valence-corrected chi connectivity index (χ3v) is 3.88. The number of nitrogens with one attached hydrogen (secondary N) is 1. The number of para-hydroxylation sites is 1. The Balaban J connectivity index is 1.87. The smallest absolute Gasteiger partial charge is 0.331 e. The van der Waals surface area contributed by atoms with Crippen molar-refractivity contribution in [3.05, 3.63) is 65.2 Å². The lowest BCUT2D eigenvalue weighted by Crippen LogP contribution is -2.21. The van der Waals surface area contributed by atoms with Gasteiger partial charge < -0.3 is 14.8 Å². The van der Waals surface area contributed by atoms with Gasteiger partial charge in [0.2, 0.25) is 0 Å². The number of ether oxygens (including phenoxy) is 2. The molecule has 0 aliphatic rings. The summed E-state index contributed by atoms with van der Waals surface area (Å²) in [5.41, 5.74) is 3.64. The van der Waals surface area contributed by atoms with Gasteiger partial charge in [-0.25, -0.2) is 4.79 Å². The van der Waals surface area contributed by atoms with E-state index < -0.39 is 5.97 Å². The lowest BCUT2D eigenvalue weighted by molar-refractivity contribution is -0.142. The van der Waals surface area contributed by atoms with Crippen molar-refractivity contribution in [2.24, 2.45) is 0 Å². The van der Waals surface area contributed by atoms with Crippen molar-refractivity contribution < 1.29 is 19.1 Å². The summed E-state index contributed by atoms with van der Waals surface area (Å²) < 4.78 is 10.1. The van der Waals surface area contributed by atoms with Crippen LogP contribution in [-0.2, 0) is 20.7 Å². The lowest BCUT2D eigenvalue weighted by Gasteiger charge is -2.12. The molecule has 5 heteroatoms. The quantitative estimate of drug-likeness (QED) is 0.608. The first-order valence-electron chi connectivity index (χ1n) is 8.40. The number of carbonyl (C=O) groups excluding carboxylic acids is 2. The maximum absolute atomic E-state index is 12.1. The van der Waals surface area contributed by atoms with Crippen LogP contribution in [0.2, 0.25) is 0 Å². The lowest BCUT2D eigenvalue weighted by atomic mass is 10.1. The molecule has 26 heavy (non-hydrogen) atoms. The summed E-state index contributed by atoms with van der Waals surface area (Å²) in [6.07, 6.45) is 3.72. The Morgan fingerprint density at radius 2 is 1.85 bits per heavy atom. The zero-order chi connectivity index (χ0) is 18.9. The Morgan fingerprint density at radius 1 is 1.12 bits per heavy atom. The fourth-order valence-electron chi connectivity index (χ4n) is 2.44. The second kappa shape index (κ2) is 9.42. The van der Waals surface area contributed by atoms with Gasteiger partial charge in [-0.15, -0.1) is 0 Å². The van der Waals surface area contributed by atoms with E-state index in [1.165, 1.54) is 6.08 Å². The Kier molecular flexibility index (Phi) is 6.97.